The Morgan fingerprint density at radius 2 is 1.83 bits per heavy atom. The molecule has 0 bridgehead atoms. The van der Waals surface area contributed by atoms with Crippen LogP contribution in [0.2, 0.25) is 0 Å². The van der Waals surface area contributed by atoms with Gasteiger partial charge in [-0.05, 0) is 61.6 Å². The summed E-state index contributed by atoms with van der Waals surface area (Å²) in [5, 5.41) is 12.0. The zero-order valence-corrected chi connectivity index (χ0v) is 15.3. The first-order chi connectivity index (χ1) is 13.7. The SMILES string of the molecule is O=C(O)c1ccc2c(c1)[C@]1(CC[C@@H](Oc3ccccc3C(F)(F)F)CC1)C(=O)N2. The number of hydrogen-bond acceptors (Lipinski definition) is 3. The molecule has 2 N–H and O–H groups in total. The number of carboxylic acids is 1. The van der Waals surface area contributed by atoms with E-state index in [1.807, 2.05) is 0 Å². The van der Waals surface area contributed by atoms with E-state index in [0.29, 0.717) is 36.9 Å². The molecule has 1 amide bonds. The minimum Gasteiger partial charge on any atom is -0.490 e. The molecule has 152 valence electrons. The van der Waals surface area contributed by atoms with Crippen molar-refractivity contribution in [3.63, 3.8) is 0 Å². The summed E-state index contributed by atoms with van der Waals surface area (Å²) in [4.78, 5) is 24.0. The Kier molecular flexibility index (Phi) is 4.52. The van der Waals surface area contributed by atoms with Crippen molar-refractivity contribution in [3.8, 4) is 5.75 Å². The maximum Gasteiger partial charge on any atom is 0.419 e. The molecule has 2 aromatic carbocycles. The van der Waals surface area contributed by atoms with Crippen LogP contribution in [0.25, 0.3) is 0 Å². The maximum atomic E-state index is 13.2. The molecule has 4 rings (SSSR count). The number of nitrogens with one attached hydrogen (secondary N) is 1. The zero-order chi connectivity index (χ0) is 20.8. The van der Waals surface area contributed by atoms with Crippen molar-refractivity contribution in [2.75, 3.05) is 5.32 Å². The van der Waals surface area contributed by atoms with Crippen LogP contribution in [0.15, 0.2) is 42.5 Å². The van der Waals surface area contributed by atoms with E-state index in [-0.39, 0.29) is 17.2 Å². The smallest absolute Gasteiger partial charge is 0.419 e. The normalized spacial score (nSPS) is 23.6. The summed E-state index contributed by atoms with van der Waals surface area (Å²) in [6, 6.07) is 9.60. The number of carbonyl (C=O) groups excluding carboxylic acids is 1. The van der Waals surface area contributed by atoms with Crippen LogP contribution in [0.3, 0.4) is 0 Å². The van der Waals surface area contributed by atoms with Gasteiger partial charge in [-0.15, -0.1) is 0 Å². The second-order valence-electron chi connectivity index (χ2n) is 7.41. The third-order valence-electron chi connectivity index (χ3n) is 5.74. The van der Waals surface area contributed by atoms with Crippen LogP contribution in [-0.4, -0.2) is 23.1 Å². The molecule has 2 aliphatic rings. The predicted octanol–water partition coefficient (Wildman–Crippen LogP) is 4.62. The van der Waals surface area contributed by atoms with Crippen LogP contribution in [0, 0.1) is 0 Å². The molecule has 0 atom stereocenters. The molecule has 2 aromatic rings. The van der Waals surface area contributed by atoms with Crippen LogP contribution in [0.1, 0.15) is 47.2 Å². The van der Waals surface area contributed by atoms with Crippen LogP contribution in [0.4, 0.5) is 18.9 Å². The highest BCUT2D eigenvalue weighted by atomic mass is 19.4. The number of hydrogen-bond donors (Lipinski definition) is 2. The number of benzene rings is 2. The lowest BCUT2D eigenvalue weighted by molar-refractivity contribution is -0.139. The maximum absolute atomic E-state index is 13.2. The van der Waals surface area contributed by atoms with Gasteiger partial charge in [0.15, 0.2) is 0 Å². The van der Waals surface area contributed by atoms with E-state index < -0.39 is 29.2 Å². The van der Waals surface area contributed by atoms with Gasteiger partial charge in [0, 0.05) is 5.69 Å². The van der Waals surface area contributed by atoms with Crippen molar-refractivity contribution in [1.29, 1.82) is 0 Å². The molecular weight excluding hydrogens is 387 g/mol. The van der Waals surface area contributed by atoms with Gasteiger partial charge in [0.1, 0.15) is 5.75 Å². The van der Waals surface area contributed by atoms with Gasteiger partial charge >= 0.3 is 12.1 Å². The molecule has 1 fully saturated rings. The van der Waals surface area contributed by atoms with Gasteiger partial charge < -0.3 is 15.2 Å². The summed E-state index contributed by atoms with van der Waals surface area (Å²) in [5.41, 5.74) is -0.379. The molecule has 29 heavy (non-hydrogen) atoms. The van der Waals surface area contributed by atoms with Gasteiger partial charge in [0.25, 0.3) is 0 Å². The van der Waals surface area contributed by atoms with Crippen LogP contribution < -0.4 is 10.1 Å². The van der Waals surface area contributed by atoms with Crippen LogP contribution >= 0.6 is 0 Å². The van der Waals surface area contributed by atoms with E-state index >= 15 is 0 Å². The Morgan fingerprint density at radius 3 is 2.48 bits per heavy atom. The number of anilines is 1. The monoisotopic (exact) mass is 405 g/mol. The minimum atomic E-state index is -4.51. The Balaban J connectivity index is 1.55. The molecule has 8 heteroatoms. The molecule has 5 nitrogen and oxygen atoms in total. The van der Waals surface area contributed by atoms with Gasteiger partial charge in [0.2, 0.25) is 5.91 Å². The number of aromatic carboxylic acids is 1. The van der Waals surface area contributed by atoms with Crippen molar-refractivity contribution < 1.29 is 32.6 Å². The molecule has 0 radical (unpaired) electrons. The van der Waals surface area contributed by atoms with Gasteiger partial charge in [-0.3, -0.25) is 4.79 Å². The summed E-state index contributed by atoms with van der Waals surface area (Å²) in [7, 11) is 0. The third-order valence-corrected chi connectivity index (χ3v) is 5.74. The van der Waals surface area contributed by atoms with E-state index in [1.54, 1.807) is 6.07 Å². The topological polar surface area (TPSA) is 75.6 Å². The molecule has 0 unspecified atom stereocenters. The van der Waals surface area contributed by atoms with Gasteiger partial charge in [0.05, 0.1) is 22.6 Å². The number of carbonyl (C=O) groups is 2. The first-order valence-electron chi connectivity index (χ1n) is 9.23. The predicted molar refractivity (Wildman–Crippen MR) is 98.0 cm³/mol. The third kappa shape index (κ3) is 3.32. The van der Waals surface area contributed by atoms with Crippen molar-refractivity contribution in [2.24, 2.45) is 0 Å². The number of ether oxygens (including phenoxy) is 1. The number of para-hydroxylation sites is 1. The van der Waals surface area contributed by atoms with E-state index in [1.165, 1.54) is 30.3 Å². The van der Waals surface area contributed by atoms with Gasteiger partial charge in [-0.25, -0.2) is 4.79 Å². The fraction of sp³-hybridized carbons (Fsp3) is 0.333. The van der Waals surface area contributed by atoms with E-state index in [9.17, 15) is 27.9 Å². The second-order valence-corrected chi connectivity index (χ2v) is 7.41. The summed E-state index contributed by atoms with van der Waals surface area (Å²) in [5.74, 6) is -1.50. The highest BCUT2D eigenvalue weighted by Crippen LogP contribution is 2.48. The molecule has 1 heterocycles. The number of carboxylic acid groups (broad SMARTS) is 1. The molecule has 1 saturated carbocycles. The molecule has 1 aliphatic heterocycles. The lowest BCUT2D eigenvalue weighted by atomic mass is 9.69. The summed E-state index contributed by atoms with van der Waals surface area (Å²) < 4.78 is 45.2. The minimum absolute atomic E-state index is 0.0945. The summed E-state index contributed by atoms with van der Waals surface area (Å²) in [6.45, 7) is 0. The molecule has 1 spiro atoms. The summed E-state index contributed by atoms with van der Waals surface area (Å²) >= 11 is 0. The summed E-state index contributed by atoms with van der Waals surface area (Å²) in [6.07, 6.45) is -3.46. The number of rotatable bonds is 3. The highest BCUT2D eigenvalue weighted by molar-refractivity contribution is 6.07. The lowest BCUT2D eigenvalue weighted by Crippen LogP contribution is -2.41. The van der Waals surface area contributed by atoms with Crippen molar-refractivity contribution in [3.05, 3.63) is 59.2 Å². The quantitative estimate of drug-likeness (QED) is 0.782. The van der Waals surface area contributed by atoms with Crippen molar-refractivity contribution in [2.45, 2.75) is 43.4 Å². The van der Waals surface area contributed by atoms with E-state index in [4.69, 9.17) is 4.74 Å². The fourth-order valence-electron chi connectivity index (χ4n) is 4.23. The lowest BCUT2D eigenvalue weighted by Gasteiger charge is -2.36. The number of halogens is 3. The first kappa shape index (κ1) is 19.3. The largest absolute Gasteiger partial charge is 0.490 e. The molecule has 1 aliphatic carbocycles. The highest BCUT2D eigenvalue weighted by Gasteiger charge is 2.49. The average Bonchev–Trinajstić information content (AvgIpc) is 2.94. The standard InChI is InChI=1S/C21H18F3NO4/c22-21(23,24)14-3-1-2-4-17(14)29-13-7-9-20(10-8-13)15-11-12(18(26)27)5-6-16(15)25-19(20)28/h1-6,11,13H,7-10H2,(H,25,28)(H,26,27)/t13-,20-. The number of fused-ring (bicyclic) bond motifs is 2. The van der Waals surface area contributed by atoms with Crippen molar-refractivity contribution in [1.82, 2.24) is 0 Å². The Labute approximate surface area is 164 Å². The van der Waals surface area contributed by atoms with E-state index in [0.717, 1.165) is 6.07 Å². The van der Waals surface area contributed by atoms with E-state index in [2.05, 4.69) is 5.32 Å². The van der Waals surface area contributed by atoms with Crippen molar-refractivity contribution >= 4 is 17.6 Å². The van der Waals surface area contributed by atoms with Crippen LogP contribution in [0.5, 0.6) is 5.75 Å². The van der Waals surface area contributed by atoms with Gasteiger partial charge in [-0.2, -0.15) is 13.2 Å². The molecule has 0 saturated heterocycles. The average molecular weight is 405 g/mol. The Bertz CT molecular complexity index is 978. The van der Waals surface area contributed by atoms with Gasteiger partial charge in [-0.1, -0.05) is 12.1 Å². The molecule has 0 aromatic heterocycles. The molecular formula is C21H18F3NO4. The zero-order valence-electron chi connectivity index (χ0n) is 15.3. The Hall–Kier alpha value is -3.03. The fourth-order valence-corrected chi connectivity index (χ4v) is 4.23. The first-order valence-corrected chi connectivity index (χ1v) is 9.23. The number of alkyl halides is 3. The number of amides is 1. The van der Waals surface area contributed by atoms with Crippen LogP contribution in [-0.2, 0) is 16.4 Å². The Morgan fingerprint density at radius 1 is 1.14 bits per heavy atom. The second kappa shape index (κ2) is 6.79.